The first-order chi connectivity index (χ1) is 8.49. The molecule has 1 N–H and O–H groups in total. The summed E-state index contributed by atoms with van der Waals surface area (Å²) in [5.74, 6) is 0.587. The molecule has 0 bridgehead atoms. The van der Waals surface area contributed by atoms with E-state index < -0.39 is 10.0 Å². The third-order valence-corrected chi connectivity index (χ3v) is 4.19. The number of benzene rings is 1. The lowest BCUT2D eigenvalue weighted by Crippen LogP contribution is -2.23. The van der Waals surface area contributed by atoms with Crippen molar-refractivity contribution < 1.29 is 12.8 Å². The quantitative estimate of drug-likeness (QED) is 0.923. The number of aryl methyl sites for hydroxylation is 2. The lowest BCUT2D eigenvalue weighted by Gasteiger charge is -2.09. The first-order valence-electron chi connectivity index (χ1n) is 5.58. The average Bonchev–Trinajstić information content (AvgIpc) is 2.83. The van der Waals surface area contributed by atoms with E-state index in [0.717, 1.165) is 11.1 Å². The number of rotatable bonds is 4. The Kier molecular flexibility index (Phi) is 3.54. The highest BCUT2D eigenvalue weighted by atomic mass is 32.2. The molecular formula is C13H15NO3S. The van der Waals surface area contributed by atoms with Crippen molar-refractivity contribution in [2.45, 2.75) is 25.3 Å². The number of hydrogen-bond donors (Lipinski definition) is 1. The SMILES string of the molecule is Cc1ccc(C)c(S(=O)(=O)NCc2ccco2)c1. The van der Waals surface area contributed by atoms with Gasteiger partial charge in [-0.25, -0.2) is 13.1 Å². The lowest BCUT2D eigenvalue weighted by atomic mass is 10.2. The molecule has 5 heteroatoms. The van der Waals surface area contributed by atoms with Crippen molar-refractivity contribution in [2.75, 3.05) is 0 Å². The van der Waals surface area contributed by atoms with Gasteiger partial charge in [-0.1, -0.05) is 12.1 Å². The molecule has 1 aromatic carbocycles. The molecule has 0 radical (unpaired) electrons. The Labute approximate surface area is 107 Å². The van der Waals surface area contributed by atoms with Crippen molar-refractivity contribution in [1.82, 2.24) is 4.72 Å². The topological polar surface area (TPSA) is 59.3 Å². The minimum absolute atomic E-state index is 0.155. The number of furan rings is 1. The Balaban J connectivity index is 2.22. The fraction of sp³-hybridized carbons (Fsp3) is 0.231. The van der Waals surface area contributed by atoms with Crippen molar-refractivity contribution >= 4 is 10.0 Å². The summed E-state index contributed by atoms with van der Waals surface area (Å²) in [7, 11) is -3.50. The maximum atomic E-state index is 12.1. The van der Waals surface area contributed by atoms with Gasteiger partial charge in [0.25, 0.3) is 0 Å². The minimum Gasteiger partial charge on any atom is -0.468 e. The molecule has 0 fully saturated rings. The van der Waals surface area contributed by atoms with Gasteiger partial charge in [0.05, 0.1) is 17.7 Å². The summed E-state index contributed by atoms with van der Waals surface area (Å²) in [6.07, 6.45) is 1.52. The van der Waals surface area contributed by atoms with Crippen LogP contribution in [-0.4, -0.2) is 8.42 Å². The van der Waals surface area contributed by atoms with Gasteiger partial charge in [-0.05, 0) is 43.2 Å². The second-order valence-corrected chi connectivity index (χ2v) is 5.91. The van der Waals surface area contributed by atoms with Gasteiger partial charge >= 0.3 is 0 Å². The molecule has 1 heterocycles. The predicted octanol–water partition coefficient (Wildman–Crippen LogP) is 2.37. The zero-order valence-electron chi connectivity index (χ0n) is 10.3. The van der Waals surface area contributed by atoms with Crippen LogP contribution in [0.3, 0.4) is 0 Å². The van der Waals surface area contributed by atoms with Gasteiger partial charge in [-0.15, -0.1) is 0 Å². The van der Waals surface area contributed by atoms with Crippen LogP contribution >= 0.6 is 0 Å². The van der Waals surface area contributed by atoms with Crippen LogP contribution in [0.2, 0.25) is 0 Å². The summed E-state index contributed by atoms with van der Waals surface area (Å²) < 4.78 is 31.9. The summed E-state index contributed by atoms with van der Waals surface area (Å²) in [4.78, 5) is 0.314. The summed E-state index contributed by atoms with van der Waals surface area (Å²) >= 11 is 0. The molecule has 1 aromatic heterocycles. The van der Waals surface area contributed by atoms with E-state index in [1.54, 1.807) is 31.2 Å². The fourth-order valence-electron chi connectivity index (χ4n) is 1.65. The van der Waals surface area contributed by atoms with Gasteiger partial charge in [0.15, 0.2) is 0 Å². The molecule has 4 nitrogen and oxygen atoms in total. The molecule has 0 aliphatic rings. The Morgan fingerprint density at radius 2 is 2.00 bits per heavy atom. The summed E-state index contributed by atoms with van der Waals surface area (Å²) in [6.45, 7) is 3.80. The normalized spacial score (nSPS) is 11.7. The van der Waals surface area contributed by atoms with Crippen LogP contribution in [0.5, 0.6) is 0 Å². The van der Waals surface area contributed by atoms with Crippen molar-refractivity contribution in [2.24, 2.45) is 0 Å². The highest BCUT2D eigenvalue weighted by Crippen LogP contribution is 2.16. The molecule has 0 atom stereocenters. The summed E-state index contributed by atoms with van der Waals surface area (Å²) in [5.41, 5.74) is 1.64. The molecule has 18 heavy (non-hydrogen) atoms. The third-order valence-electron chi connectivity index (χ3n) is 2.65. The van der Waals surface area contributed by atoms with Crippen LogP contribution in [0.4, 0.5) is 0 Å². The van der Waals surface area contributed by atoms with Crippen LogP contribution in [0.25, 0.3) is 0 Å². The zero-order valence-corrected chi connectivity index (χ0v) is 11.1. The van der Waals surface area contributed by atoms with Gasteiger partial charge < -0.3 is 4.42 Å². The Hall–Kier alpha value is -1.59. The molecule has 0 aliphatic carbocycles. The van der Waals surface area contributed by atoms with Crippen molar-refractivity contribution in [1.29, 1.82) is 0 Å². The van der Waals surface area contributed by atoms with Gasteiger partial charge in [0, 0.05) is 0 Å². The van der Waals surface area contributed by atoms with Crippen molar-refractivity contribution in [3.05, 3.63) is 53.5 Å². The van der Waals surface area contributed by atoms with E-state index in [4.69, 9.17) is 4.42 Å². The average molecular weight is 265 g/mol. The third kappa shape index (κ3) is 2.80. The molecule has 0 unspecified atom stereocenters. The first-order valence-corrected chi connectivity index (χ1v) is 7.07. The molecule has 2 aromatic rings. The van der Waals surface area contributed by atoms with Crippen molar-refractivity contribution in [3.8, 4) is 0 Å². The van der Waals surface area contributed by atoms with Gasteiger partial charge in [0.2, 0.25) is 10.0 Å². The number of hydrogen-bond acceptors (Lipinski definition) is 3. The molecule has 0 aliphatic heterocycles. The molecule has 0 spiro atoms. The molecule has 0 amide bonds. The van der Waals surface area contributed by atoms with E-state index >= 15 is 0 Å². The highest BCUT2D eigenvalue weighted by Gasteiger charge is 2.16. The summed E-state index contributed by atoms with van der Waals surface area (Å²) in [6, 6.07) is 8.81. The van der Waals surface area contributed by atoms with Crippen LogP contribution < -0.4 is 4.72 Å². The van der Waals surface area contributed by atoms with Crippen LogP contribution in [0.1, 0.15) is 16.9 Å². The predicted molar refractivity (Wildman–Crippen MR) is 68.6 cm³/mol. The van der Waals surface area contributed by atoms with Crippen LogP contribution in [-0.2, 0) is 16.6 Å². The molecule has 2 rings (SSSR count). The Bertz CT molecular complexity index is 630. The summed E-state index contributed by atoms with van der Waals surface area (Å²) in [5, 5.41) is 0. The maximum Gasteiger partial charge on any atom is 0.241 e. The van der Waals surface area contributed by atoms with Gasteiger partial charge in [-0.2, -0.15) is 0 Å². The Morgan fingerprint density at radius 3 is 2.67 bits per heavy atom. The standard InChI is InChI=1S/C13H15NO3S/c1-10-5-6-11(2)13(8-10)18(15,16)14-9-12-4-3-7-17-12/h3-8,14H,9H2,1-2H3. The smallest absolute Gasteiger partial charge is 0.241 e. The number of sulfonamides is 1. The highest BCUT2D eigenvalue weighted by molar-refractivity contribution is 7.89. The van der Waals surface area contributed by atoms with E-state index in [9.17, 15) is 8.42 Å². The zero-order chi connectivity index (χ0) is 13.2. The van der Waals surface area contributed by atoms with E-state index in [1.165, 1.54) is 6.26 Å². The van der Waals surface area contributed by atoms with Crippen molar-refractivity contribution in [3.63, 3.8) is 0 Å². The Morgan fingerprint density at radius 1 is 1.22 bits per heavy atom. The van der Waals surface area contributed by atoms with E-state index in [-0.39, 0.29) is 6.54 Å². The first kappa shape index (κ1) is 12.9. The van der Waals surface area contributed by atoms with E-state index in [0.29, 0.717) is 10.7 Å². The fourth-order valence-corrected chi connectivity index (χ4v) is 2.97. The number of nitrogens with one attached hydrogen (secondary N) is 1. The molecular weight excluding hydrogens is 250 g/mol. The van der Waals surface area contributed by atoms with Crippen LogP contribution in [0, 0.1) is 13.8 Å². The molecule has 0 saturated heterocycles. The van der Waals surface area contributed by atoms with Gasteiger partial charge in [0.1, 0.15) is 5.76 Å². The molecule has 0 saturated carbocycles. The van der Waals surface area contributed by atoms with E-state index in [1.807, 2.05) is 13.0 Å². The lowest BCUT2D eigenvalue weighted by molar-refractivity contribution is 0.498. The minimum atomic E-state index is -3.50. The molecule has 96 valence electrons. The second-order valence-electron chi connectivity index (χ2n) is 4.17. The monoisotopic (exact) mass is 265 g/mol. The largest absolute Gasteiger partial charge is 0.468 e. The van der Waals surface area contributed by atoms with Gasteiger partial charge in [-0.3, -0.25) is 0 Å². The van der Waals surface area contributed by atoms with E-state index in [2.05, 4.69) is 4.72 Å². The second kappa shape index (κ2) is 4.96. The van der Waals surface area contributed by atoms with Crippen LogP contribution in [0.15, 0.2) is 45.9 Å². The maximum absolute atomic E-state index is 12.1.